The van der Waals surface area contributed by atoms with Crippen LogP contribution in [0, 0.1) is 0 Å². The zero-order chi connectivity index (χ0) is 15.2. The minimum atomic E-state index is 0.137. The molecule has 0 amide bonds. The molecule has 0 bridgehead atoms. The SMILES string of the molecule is CCCNC(Cc1ccc(CC)cc1)C(C)(C)N(C)C. The molecule has 0 fully saturated rings. The van der Waals surface area contributed by atoms with Crippen molar-refractivity contribution < 1.29 is 0 Å². The topological polar surface area (TPSA) is 15.3 Å². The van der Waals surface area contributed by atoms with Crippen LogP contribution in [0.5, 0.6) is 0 Å². The van der Waals surface area contributed by atoms with Crippen molar-refractivity contribution in [1.29, 1.82) is 0 Å². The highest BCUT2D eigenvalue weighted by Gasteiger charge is 2.31. The Morgan fingerprint density at radius 1 is 1.05 bits per heavy atom. The summed E-state index contributed by atoms with van der Waals surface area (Å²) in [4.78, 5) is 2.32. The Morgan fingerprint density at radius 2 is 1.60 bits per heavy atom. The smallest absolute Gasteiger partial charge is 0.0303 e. The van der Waals surface area contributed by atoms with Gasteiger partial charge in [-0.2, -0.15) is 0 Å². The summed E-state index contributed by atoms with van der Waals surface area (Å²) in [6, 6.07) is 9.55. The second-order valence-electron chi connectivity index (χ2n) is 6.43. The third-order valence-electron chi connectivity index (χ3n) is 4.52. The van der Waals surface area contributed by atoms with Crippen LogP contribution in [0.1, 0.15) is 45.2 Å². The Kier molecular flexibility index (Phi) is 6.70. The molecule has 2 nitrogen and oxygen atoms in total. The molecule has 0 aliphatic carbocycles. The van der Waals surface area contributed by atoms with Crippen LogP contribution in [-0.2, 0) is 12.8 Å². The van der Waals surface area contributed by atoms with Crippen LogP contribution in [0.25, 0.3) is 0 Å². The molecule has 1 aromatic carbocycles. The molecule has 1 unspecified atom stereocenters. The summed E-state index contributed by atoms with van der Waals surface area (Å²) in [5.74, 6) is 0. The number of hydrogen-bond acceptors (Lipinski definition) is 2. The van der Waals surface area contributed by atoms with Crippen molar-refractivity contribution in [3.05, 3.63) is 35.4 Å². The molecule has 20 heavy (non-hydrogen) atoms. The second-order valence-corrected chi connectivity index (χ2v) is 6.43. The summed E-state index contributed by atoms with van der Waals surface area (Å²) in [5, 5.41) is 3.73. The highest BCUT2D eigenvalue weighted by Crippen LogP contribution is 2.20. The molecule has 0 saturated carbocycles. The molecule has 0 spiro atoms. The van der Waals surface area contributed by atoms with E-state index in [2.05, 4.69) is 76.3 Å². The van der Waals surface area contributed by atoms with Crippen LogP contribution in [-0.4, -0.2) is 37.1 Å². The van der Waals surface area contributed by atoms with E-state index in [1.807, 2.05) is 0 Å². The molecule has 2 heteroatoms. The van der Waals surface area contributed by atoms with Gasteiger partial charge in [0.15, 0.2) is 0 Å². The fourth-order valence-corrected chi connectivity index (χ4v) is 2.35. The first-order valence-corrected chi connectivity index (χ1v) is 7.90. The van der Waals surface area contributed by atoms with Gasteiger partial charge in [-0.25, -0.2) is 0 Å². The van der Waals surface area contributed by atoms with E-state index in [1.165, 1.54) is 17.5 Å². The molecule has 1 aromatic rings. The summed E-state index contributed by atoms with van der Waals surface area (Å²) < 4.78 is 0. The van der Waals surface area contributed by atoms with E-state index in [4.69, 9.17) is 0 Å². The first-order valence-electron chi connectivity index (χ1n) is 7.90. The van der Waals surface area contributed by atoms with Crippen molar-refractivity contribution in [2.75, 3.05) is 20.6 Å². The van der Waals surface area contributed by atoms with Gasteiger partial charge in [0, 0.05) is 11.6 Å². The zero-order valence-electron chi connectivity index (χ0n) is 14.2. The summed E-state index contributed by atoms with van der Waals surface area (Å²) >= 11 is 0. The highest BCUT2D eigenvalue weighted by molar-refractivity contribution is 5.23. The Hall–Kier alpha value is -0.860. The Bertz CT molecular complexity index is 379. The number of nitrogens with one attached hydrogen (secondary N) is 1. The second kappa shape index (κ2) is 7.80. The predicted molar refractivity (Wildman–Crippen MR) is 89.4 cm³/mol. The average Bonchev–Trinajstić information content (AvgIpc) is 2.43. The average molecular weight is 276 g/mol. The largest absolute Gasteiger partial charge is 0.312 e. The Labute approximate surface area is 125 Å². The predicted octanol–water partition coefficient (Wildman–Crippen LogP) is 3.50. The molecule has 114 valence electrons. The monoisotopic (exact) mass is 276 g/mol. The molecular formula is C18H32N2. The number of likely N-dealkylation sites (N-methyl/N-ethyl adjacent to an activating group) is 1. The van der Waals surface area contributed by atoms with E-state index in [9.17, 15) is 0 Å². The van der Waals surface area contributed by atoms with Gasteiger partial charge in [-0.3, -0.25) is 0 Å². The third-order valence-corrected chi connectivity index (χ3v) is 4.52. The summed E-state index contributed by atoms with van der Waals surface area (Å²) in [6.07, 6.45) is 3.37. The van der Waals surface area contributed by atoms with Gasteiger partial charge in [0.25, 0.3) is 0 Å². The fourth-order valence-electron chi connectivity index (χ4n) is 2.35. The number of rotatable bonds is 8. The number of aryl methyl sites for hydroxylation is 1. The third kappa shape index (κ3) is 4.60. The minimum Gasteiger partial charge on any atom is -0.312 e. The van der Waals surface area contributed by atoms with Crippen LogP contribution >= 0.6 is 0 Å². The Balaban J connectivity index is 2.82. The maximum Gasteiger partial charge on any atom is 0.0303 e. The maximum atomic E-state index is 3.73. The highest BCUT2D eigenvalue weighted by atomic mass is 15.2. The van der Waals surface area contributed by atoms with Gasteiger partial charge in [0.1, 0.15) is 0 Å². The molecule has 0 saturated heterocycles. The molecule has 0 radical (unpaired) electrons. The van der Waals surface area contributed by atoms with E-state index >= 15 is 0 Å². The molecule has 1 atom stereocenters. The first kappa shape index (κ1) is 17.2. The molecular weight excluding hydrogens is 244 g/mol. The lowest BCUT2D eigenvalue weighted by Gasteiger charge is -2.41. The normalized spacial score (nSPS) is 13.8. The van der Waals surface area contributed by atoms with Crippen LogP contribution in [0.4, 0.5) is 0 Å². The quantitative estimate of drug-likeness (QED) is 0.782. The van der Waals surface area contributed by atoms with Crippen molar-refractivity contribution in [1.82, 2.24) is 10.2 Å². The van der Waals surface area contributed by atoms with Gasteiger partial charge in [-0.05, 0) is 64.9 Å². The summed E-state index contributed by atoms with van der Waals surface area (Å²) in [6.45, 7) is 10.1. The first-order chi connectivity index (χ1) is 9.41. The number of benzene rings is 1. The molecule has 0 aliphatic rings. The van der Waals surface area contributed by atoms with E-state index in [-0.39, 0.29) is 5.54 Å². The fraction of sp³-hybridized carbons (Fsp3) is 0.667. The van der Waals surface area contributed by atoms with Gasteiger partial charge in [-0.15, -0.1) is 0 Å². The van der Waals surface area contributed by atoms with E-state index in [0.717, 1.165) is 19.4 Å². The van der Waals surface area contributed by atoms with Crippen molar-refractivity contribution in [3.63, 3.8) is 0 Å². The van der Waals surface area contributed by atoms with Crippen LogP contribution in [0.15, 0.2) is 24.3 Å². The molecule has 0 heterocycles. The lowest BCUT2D eigenvalue weighted by molar-refractivity contribution is 0.137. The van der Waals surface area contributed by atoms with Crippen LogP contribution in [0.3, 0.4) is 0 Å². The lowest BCUT2D eigenvalue weighted by atomic mass is 9.87. The molecule has 1 N–H and O–H groups in total. The zero-order valence-corrected chi connectivity index (χ0v) is 14.2. The summed E-state index contributed by atoms with van der Waals surface area (Å²) in [7, 11) is 4.33. The molecule has 1 rings (SSSR count). The standard InChI is InChI=1S/C18H32N2/c1-7-13-19-17(18(3,4)20(5)6)14-16-11-9-15(8-2)10-12-16/h9-12,17,19H,7-8,13-14H2,1-6H3. The van der Waals surface area contributed by atoms with Crippen LogP contribution < -0.4 is 5.32 Å². The Morgan fingerprint density at radius 3 is 2.05 bits per heavy atom. The van der Waals surface area contributed by atoms with Crippen molar-refractivity contribution in [2.24, 2.45) is 0 Å². The summed E-state index contributed by atoms with van der Waals surface area (Å²) in [5.41, 5.74) is 2.97. The van der Waals surface area contributed by atoms with Gasteiger partial charge < -0.3 is 10.2 Å². The minimum absolute atomic E-state index is 0.137. The molecule has 0 aliphatic heterocycles. The van der Waals surface area contributed by atoms with E-state index < -0.39 is 0 Å². The van der Waals surface area contributed by atoms with Gasteiger partial charge in [0.05, 0.1) is 0 Å². The van der Waals surface area contributed by atoms with Crippen molar-refractivity contribution in [2.45, 2.75) is 58.5 Å². The number of nitrogens with zero attached hydrogens (tertiary/aromatic N) is 1. The van der Waals surface area contributed by atoms with Crippen LogP contribution in [0.2, 0.25) is 0 Å². The van der Waals surface area contributed by atoms with Gasteiger partial charge in [0.2, 0.25) is 0 Å². The van der Waals surface area contributed by atoms with Crippen molar-refractivity contribution >= 4 is 0 Å². The van der Waals surface area contributed by atoms with E-state index in [1.54, 1.807) is 0 Å². The van der Waals surface area contributed by atoms with Gasteiger partial charge in [-0.1, -0.05) is 38.1 Å². The van der Waals surface area contributed by atoms with Crippen molar-refractivity contribution in [3.8, 4) is 0 Å². The van der Waals surface area contributed by atoms with Gasteiger partial charge >= 0.3 is 0 Å². The van der Waals surface area contributed by atoms with E-state index in [0.29, 0.717) is 6.04 Å². The number of hydrogen-bond donors (Lipinski definition) is 1. The maximum absolute atomic E-state index is 3.73. The molecule has 0 aromatic heterocycles. The lowest BCUT2D eigenvalue weighted by Crippen LogP contribution is -2.56.